The number of halogens is 1. The highest BCUT2D eigenvalue weighted by molar-refractivity contribution is 7.15. The van der Waals surface area contributed by atoms with Crippen LogP contribution in [-0.2, 0) is 22.4 Å². The molecule has 3 rings (SSSR count). The van der Waals surface area contributed by atoms with Crippen LogP contribution in [0.5, 0.6) is 0 Å². The molecule has 1 saturated heterocycles. The Hall–Kier alpha value is -2.35. The molecule has 0 bridgehead atoms. The molecule has 150 valence electrons. The van der Waals surface area contributed by atoms with Gasteiger partial charge in [-0.1, -0.05) is 36.8 Å². The van der Waals surface area contributed by atoms with Crippen molar-refractivity contribution in [3.8, 4) is 0 Å². The third-order valence-corrected chi connectivity index (χ3v) is 5.75. The molecule has 0 saturated carbocycles. The van der Waals surface area contributed by atoms with Gasteiger partial charge in [0, 0.05) is 19.5 Å². The number of amides is 2. The van der Waals surface area contributed by atoms with Crippen LogP contribution >= 0.6 is 11.3 Å². The van der Waals surface area contributed by atoms with Crippen molar-refractivity contribution in [1.29, 1.82) is 0 Å². The number of unbranched alkanes of at least 4 members (excludes halogenated alkanes) is 1. The van der Waals surface area contributed by atoms with Crippen molar-refractivity contribution in [1.82, 2.24) is 15.1 Å². The summed E-state index contributed by atoms with van der Waals surface area (Å²) in [7, 11) is 0. The highest BCUT2D eigenvalue weighted by Crippen LogP contribution is 2.22. The van der Waals surface area contributed by atoms with Crippen LogP contribution in [0.15, 0.2) is 24.3 Å². The first-order valence-electron chi connectivity index (χ1n) is 9.70. The summed E-state index contributed by atoms with van der Waals surface area (Å²) in [5.74, 6) is -0.728. The number of carbonyl (C=O) groups excluding carboxylic acids is 2. The molecule has 1 unspecified atom stereocenters. The van der Waals surface area contributed by atoms with E-state index in [4.69, 9.17) is 0 Å². The van der Waals surface area contributed by atoms with Crippen LogP contribution < -0.4 is 5.32 Å². The van der Waals surface area contributed by atoms with E-state index < -0.39 is 0 Å². The van der Waals surface area contributed by atoms with Gasteiger partial charge >= 0.3 is 0 Å². The molecule has 1 aromatic heterocycles. The Labute approximate surface area is 168 Å². The Bertz CT molecular complexity index is 809. The summed E-state index contributed by atoms with van der Waals surface area (Å²) < 4.78 is 13.0. The number of piperidine rings is 1. The highest BCUT2D eigenvalue weighted by atomic mass is 32.1. The predicted octanol–water partition coefficient (Wildman–Crippen LogP) is 3.44. The van der Waals surface area contributed by atoms with E-state index >= 15 is 0 Å². The molecule has 28 heavy (non-hydrogen) atoms. The molecular weight excluding hydrogens is 379 g/mol. The number of nitrogens with one attached hydrogen (secondary N) is 1. The molecule has 1 atom stereocenters. The first-order chi connectivity index (χ1) is 13.5. The molecule has 1 aromatic carbocycles. The molecule has 0 aliphatic carbocycles. The van der Waals surface area contributed by atoms with Gasteiger partial charge in [0.25, 0.3) is 0 Å². The molecule has 1 fully saturated rings. The van der Waals surface area contributed by atoms with Crippen LogP contribution in [0.25, 0.3) is 0 Å². The van der Waals surface area contributed by atoms with E-state index in [2.05, 4.69) is 22.4 Å². The van der Waals surface area contributed by atoms with E-state index in [1.54, 1.807) is 17.0 Å². The fourth-order valence-corrected chi connectivity index (χ4v) is 4.03. The molecule has 1 aliphatic rings. The second-order valence-corrected chi connectivity index (χ2v) is 8.14. The minimum Gasteiger partial charge on any atom is -0.342 e. The second kappa shape index (κ2) is 9.73. The number of aryl methyl sites for hydroxylation is 1. The smallest absolute Gasteiger partial charge is 0.231 e. The van der Waals surface area contributed by atoms with Crippen LogP contribution in [0.4, 0.5) is 9.52 Å². The summed E-state index contributed by atoms with van der Waals surface area (Å²) in [6, 6.07) is 5.94. The topological polar surface area (TPSA) is 75.2 Å². The van der Waals surface area contributed by atoms with E-state index in [0.29, 0.717) is 18.2 Å². The molecule has 6 nitrogen and oxygen atoms in total. The van der Waals surface area contributed by atoms with Crippen molar-refractivity contribution in [2.24, 2.45) is 5.92 Å². The number of rotatable bonds is 7. The standard InChI is InChI=1S/C20H25FN4O2S/c1-2-3-6-17-23-24-20(28-17)22-19(27)15-5-4-11-25(13-15)18(26)12-14-7-9-16(21)10-8-14/h7-10,15H,2-6,11-13H2,1H3,(H,22,24,27). The molecule has 1 aliphatic heterocycles. The largest absolute Gasteiger partial charge is 0.342 e. The maximum atomic E-state index is 13.0. The summed E-state index contributed by atoms with van der Waals surface area (Å²) in [6.07, 6.45) is 4.76. The Morgan fingerprint density at radius 1 is 1.29 bits per heavy atom. The maximum Gasteiger partial charge on any atom is 0.231 e. The van der Waals surface area contributed by atoms with Crippen LogP contribution in [0.2, 0.25) is 0 Å². The SMILES string of the molecule is CCCCc1nnc(NC(=O)C2CCCN(C(=O)Cc3ccc(F)cc3)C2)s1. The summed E-state index contributed by atoms with van der Waals surface area (Å²) in [4.78, 5) is 26.9. The van der Waals surface area contributed by atoms with Crippen molar-refractivity contribution in [3.63, 3.8) is 0 Å². The average Bonchev–Trinajstić information content (AvgIpc) is 3.15. The number of hydrogen-bond donors (Lipinski definition) is 1. The van der Waals surface area contributed by atoms with Crippen LogP contribution in [0, 0.1) is 11.7 Å². The van der Waals surface area contributed by atoms with Gasteiger partial charge in [-0.25, -0.2) is 4.39 Å². The van der Waals surface area contributed by atoms with Crippen LogP contribution in [0.1, 0.15) is 43.2 Å². The van der Waals surface area contributed by atoms with Gasteiger partial charge in [0.1, 0.15) is 10.8 Å². The van der Waals surface area contributed by atoms with Crippen molar-refractivity contribution >= 4 is 28.3 Å². The van der Waals surface area contributed by atoms with Crippen LogP contribution in [0.3, 0.4) is 0 Å². The predicted molar refractivity (Wildman–Crippen MR) is 107 cm³/mol. The zero-order valence-corrected chi connectivity index (χ0v) is 16.8. The highest BCUT2D eigenvalue weighted by Gasteiger charge is 2.29. The molecule has 2 amide bonds. The van der Waals surface area contributed by atoms with E-state index in [9.17, 15) is 14.0 Å². The Morgan fingerprint density at radius 3 is 2.82 bits per heavy atom. The minimum absolute atomic E-state index is 0.0399. The number of anilines is 1. The van der Waals surface area contributed by atoms with Gasteiger partial charge in [-0.05, 0) is 37.0 Å². The molecule has 0 spiro atoms. The zero-order valence-electron chi connectivity index (χ0n) is 16.0. The van der Waals surface area contributed by atoms with E-state index in [0.717, 1.165) is 42.7 Å². The summed E-state index contributed by atoms with van der Waals surface area (Å²) in [5, 5.41) is 12.5. The van der Waals surface area contributed by atoms with Gasteiger partial charge in [-0.2, -0.15) is 0 Å². The Morgan fingerprint density at radius 2 is 2.07 bits per heavy atom. The molecular formula is C20H25FN4O2S. The molecule has 2 heterocycles. The van der Waals surface area contributed by atoms with Gasteiger partial charge in [0.05, 0.1) is 12.3 Å². The summed E-state index contributed by atoms with van der Waals surface area (Å²) >= 11 is 1.41. The minimum atomic E-state index is -0.319. The number of carbonyl (C=O) groups is 2. The van der Waals surface area contributed by atoms with Gasteiger partial charge < -0.3 is 10.2 Å². The van der Waals surface area contributed by atoms with E-state index in [1.165, 1.54) is 23.5 Å². The Balaban J connectivity index is 1.53. The quantitative estimate of drug-likeness (QED) is 0.767. The fraction of sp³-hybridized carbons (Fsp3) is 0.500. The third-order valence-electron chi connectivity index (χ3n) is 4.85. The van der Waals surface area contributed by atoms with Gasteiger partial charge in [0.15, 0.2) is 0 Å². The second-order valence-electron chi connectivity index (χ2n) is 7.08. The van der Waals surface area contributed by atoms with Crippen molar-refractivity contribution in [2.45, 2.75) is 45.4 Å². The first kappa shape index (κ1) is 20.4. The van der Waals surface area contributed by atoms with Gasteiger partial charge in [-0.15, -0.1) is 10.2 Å². The van der Waals surface area contributed by atoms with Crippen LogP contribution in [-0.4, -0.2) is 40.0 Å². The van der Waals surface area contributed by atoms with Crippen molar-refractivity contribution < 1.29 is 14.0 Å². The van der Waals surface area contributed by atoms with Gasteiger partial charge in [0.2, 0.25) is 16.9 Å². The molecule has 2 aromatic rings. The van der Waals surface area contributed by atoms with Gasteiger partial charge in [-0.3, -0.25) is 9.59 Å². The monoisotopic (exact) mass is 404 g/mol. The molecule has 8 heteroatoms. The maximum absolute atomic E-state index is 13.0. The number of benzene rings is 1. The third kappa shape index (κ3) is 5.58. The number of likely N-dealkylation sites (tertiary alicyclic amines) is 1. The lowest BCUT2D eigenvalue weighted by Crippen LogP contribution is -2.44. The fourth-order valence-electron chi connectivity index (χ4n) is 3.25. The lowest BCUT2D eigenvalue weighted by molar-refractivity contribution is -0.133. The Kier molecular flexibility index (Phi) is 7.08. The number of aromatic nitrogens is 2. The lowest BCUT2D eigenvalue weighted by Gasteiger charge is -2.32. The number of hydrogen-bond acceptors (Lipinski definition) is 5. The number of nitrogens with zero attached hydrogens (tertiary/aromatic N) is 3. The van der Waals surface area contributed by atoms with Crippen molar-refractivity contribution in [3.05, 3.63) is 40.7 Å². The average molecular weight is 405 g/mol. The first-order valence-corrected chi connectivity index (χ1v) is 10.5. The van der Waals surface area contributed by atoms with Crippen molar-refractivity contribution in [2.75, 3.05) is 18.4 Å². The summed E-state index contributed by atoms with van der Waals surface area (Å²) in [6.45, 7) is 3.16. The summed E-state index contributed by atoms with van der Waals surface area (Å²) in [5.41, 5.74) is 0.770. The lowest BCUT2D eigenvalue weighted by atomic mass is 9.96. The van der Waals surface area contributed by atoms with E-state index in [-0.39, 0.29) is 30.0 Å². The zero-order chi connectivity index (χ0) is 19.9. The molecule has 1 N–H and O–H groups in total. The van der Waals surface area contributed by atoms with E-state index in [1.807, 2.05) is 0 Å². The molecule has 0 radical (unpaired) electrons. The normalized spacial score (nSPS) is 16.8.